The first-order valence-corrected chi connectivity index (χ1v) is 8.10. The quantitative estimate of drug-likeness (QED) is 0.750. The van der Waals surface area contributed by atoms with Crippen molar-refractivity contribution in [3.63, 3.8) is 0 Å². The van der Waals surface area contributed by atoms with E-state index in [0.29, 0.717) is 46.6 Å². The van der Waals surface area contributed by atoms with Crippen molar-refractivity contribution in [1.82, 2.24) is 15.5 Å². The van der Waals surface area contributed by atoms with Gasteiger partial charge in [0, 0.05) is 12.2 Å². The molecule has 0 bridgehead atoms. The van der Waals surface area contributed by atoms with Crippen molar-refractivity contribution in [2.24, 2.45) is 0 Å². The normalized spacial score (nSPS) is 13.7. The molecule has 25 heavy (non-hydrogen) atoms. The predicted octanol–water partition coefficient (Wildman–Crippen LogP) is 2.88. The zero-order valence-electron chi connectivity index (χ0n) is 13.9. The number of amides is 1. The molecule has 0 unspecified atom stereocenters. The summed E-state index contributed by atoms with van der Waals surface area (Å²) in [6.45, 7) is 4.88. The fraction of sp³-hybridized carbons (Fsp3) is 0.278. The first kappa shape index (κ1) is 15.7. The number of hydrogen-bond donors (Lipinski definition) is 2. The molecule has 1 amide bonds. The summed E-state index contributed by atoms with van der Waals surface area (Å²) < 4.78 is 19.9. The average molecular weight is 340 g/mol. The van der Waals surface area contributed by atoms with Gasteiger partial charge in [0.05, 0.1) is 22.3 Å². The maximum Gasteiger partial charge on any atom is 0.258 e. The zero-order valence-corrected chi connectivity index (χ0v) is 13.9. The molecule has 7 heteroatoms. The van der Waals surface area contributed by atoms with Crippen LogP contribution in [-0.2, 0) is 13.0 Å². The molecule has 4 rings (SSSR count). The minimum atomic E-state index is -0.408. The second kappa shape index (κ2) is 5.93. The predicted molar refractivity (Wildman–Crippen MR) is 91.0 cm³/mol. The van der Waals surface area contributed by atoms with Gasteiger partial charge < -0.3 is 15.2 Å². The van der Waals surface area contributed by atoms with Crippen LogP contribution in [0.25, 0.3) is 11.1 Å². The minimum Gasteiger partial charge on any atom is -0.336 e. The van der Waals surface area contributed by atoms with E-state index in [2.05, 4.69) is 20.8 Å². The van der Waals surface area contributed by atoms with Crippen LogP contribution >= 0.6 is 0 Å². The van der Waals surface area contributed by atoms with E-state index in [9.17, 15) is 9.18 Å². The van der Waals surface area contributed by atoms with Gasteiger partial charge in [-0.1, -0.05) is 11.2 Å². The molecule has 2 N–H and O–H groups in total. The van der Waals surface area contributed by atoms with Crippen molar-refractivity contribution in [2.75, 3.05) is 11.9 Å². The number of nitrogens with one attached hydrogen (secondary N) is 2. The first-order valence-electron chi connectivity index (χ1n) is 8.10. The summed E-state index contributed by atoms with van der Waals surface area (Å²) in [5.74, 6) is -0.772. The molecule has 1 aliphatic rings. The highest BCUT2D eigenvalue weighted by molar-refractivity contribution is 6.12. The maximum absolute atomic E-state index is 14.8. The molecule has 0 atom stereocenters. The van der Waals surface area contributed by atoms with Crippen molar-refractivity contribution >= 4 is 22.7 Å². The molecule has 1 aliphatic heterocycles. The lowest BCUT2D eigenvalue weighted by Gasteiger charge is -2.19. The van der Waals surface area contributed by atoms with Crippen LogP contribution in [0.1, 0.15) is 32.9 Å². The number of carbonyl (C=O) groups is 1. The second-order valence-corrected chi connectivity index (χ2v) is 6.21. The lowest BCUT2D eigenvalue weighted by Crippen LogP contribution is -2.25. The third-order valence-electron chi connectivity index (χ3n) is 4.45. The molecule has 0 saturated heterocycles. The van der Waals surface area contributed by atoms with Gasteiger partial charge in [-0.3, -0.25) is 4.79 Å². The van der Waals surface area contributed by atoms with E-state index in [1.807, 2.05) is 6.07 Å². The van der Waals surface area contributed by atoms with Gasteiger partial charge in [-0.05, 0) is 50.1 Å². The van der Waals surface area contributed by atoms with Crippen LogP contribution in [0.15, 0.2) is 22.7 Å². The highest BCUT2D eigenvalue weighted by Gasteiger charge is 2.21. The number of pyridine rings is 1. The highest BCUT2D eigenvalue weighted by Crippen LogP contribution is 2.27. The number of carbonyl (C=O) groups excluding carboxylic acids is 1. The van der Waals surface area contributed by atoms with Crippen molar-refractivity contribution in [2.45, 2.75) is 26.8 Å². The molecule has 1 aromatic carbocycles. The summed E-state index contributed by atoms with van der Waals surface area (Å²) in [5, 5.41) is 10.3. The van der Waals surface area contributed by atoms with Crippen molar-refractivity contribution < 1.29 is 13.7 Å². The number of rotatable bonds is 2. The smallest absolute Gasteiger partial charge is 0.258 e. The van der Waals surface area contributed by atoms with Gasteiger partial charge in [-0.15, -0.1) is 0 Å². The number of benzene rings is 1. The van der Waals surface area contributed by atoms with E-state index in [-0.39, 0.29) is 11.5 Å². The number of anilines is 1. The van der Waals surface area contributed by atoms with Crippen LogP contribution in [-0.4, -0.2) is 22.6 Å². The van der Waals surface area contributed by atoms with E-state index in [4.69, 9.17) is 4.52 Å². The fourth-order valence-electron chi connectivity index (χ4n) is 3.22. The Morgan fingerprint density at radius 3 is 3.04 bits per heavy atom. The van der Waals surface area contributed by atoms with Crippen LogP contribution in [0, 0.1) is 19.7 Å². The molecule has 0 aliphatic carbocycles. The molecule has 2 aromatic heterocycles. The van der Waals surface area contributed by atoms with E-state index < -0.39 is 5.91 Å². The Kier molecular flexibility index (Phi) is 3.73. The van der Waals surface area contributed by atoms with Gasteiger partial charge in [0.25, 0.3) is 11.6 Å². The Hall–Kier alpha value is -2.80. The largest absolute Gasteiger partial charge is 0.336 e. The van der Waals surface area contributed by atoms with Crippen molar-refractivity contribution in [1.29, 1.82) is 0 Å². The highest BCUT2D eigenvalue weighted by atomic mass is 19.1. The first-order chi connectivity index (χ1) is 12.0. The van der Waals surface area contributed by atoms with Crippen LogP contribution in [0.4, 0.5) is 10.1 Å². The third kappa shape index (κ3) is 2.66. The Morgan fingerprint density at radius 1 is 1.36 bits per heavy atom. The van der Waals surface area contributed by atoms with Gasteiger partial charge in [-0.25, -0.2) is 9.37 Å². The minimum absolute atomic E-state index is 0.183. The summed E-state index contributed by atoms with van der Waals surface area (Å²) in [6.07, 6.45) is 0.605. The molecular formula is C18H17FN4O2. The summed E-state index contributed by atoms with van der Waals surface area (Å²) in [5.41, 5.74) is 3.66. The van der Waals surface area contributed by atoms with Crippen LogP contribution in [0.5, 0.6) is 0 Å². The van der Waals surface area contributed by atoms with Gasteiger partial charge in [-0.2, -0.15) is 0 Å². The molecule has 6 nitrogen and oxygen atoms in total. The number of halogens is 1. The molecule has 128 valence electrons. The van der Waals surface area contributed by atoms with E-state index >= 15 is 0 Å². The van der Waals surface area contributed by atoms with Crippen molar-refractivity contribution in [3.8, 4) is 0 Å². The maximum atomic E-state index is 14.8. The average Bonchev–Trinajstić information content (AvgIpc) is 2.97. The molecule has 0 fully saturated rings. The summed E-state index contributed by atoms with van der Waals surface area (Å²) in [6, 6.07) is 5.10. The van der Waals surface area contributed by atoms with Gasteiger partial charge in [0.15, 0.2) is 0 Å². The van der Waals surface area contributed by atoms with E-state index in [0.717, 1.165) is 12.1 Å². The number of hydrogen-bond acceptors (Lipinski definition) is 5. The van der Waals surface area contributed by atoms with Crippen LogP contribution < -0.4 is 10.6 Å². The Bertz CT molecular complexity index is 996. The van der Waals surface area contributed by atoms with Crippen LogP contribution in [0.3, 0.4) is 0 Å². The summed E-state index contributed by atoms with van der Waals surface area (Å²) in [7, 11) is 0. The second-order valence-electron chi connectivity index (χ2n) is 6.21. The standard InChI is InChI=1S/C18H17FN4O2/c1-9-7-13(15-10(2)23-25-18(15)21-9)17(24)22-14-4-3-11-8-20-6-5-12(11)16(14)19/h3-4,7,20H,5-6,8H2,1-2H3,(H,22,24). The Balaban J connectivity index is 1.73. The number of nitrogens with zero attached hydrogens (tertiary/aromatic N) is 2. The van der Waals surface area contributed by atoms with E-state index in [1.54, 1.807) is 26.0 Å². The summed E-state index contributed by atoms with van der Waals surface area (Å²) in [4.78, 5) is 17.0. The molecule has 0 saturated carbocycles. The molecule has 3 heterocycles. The Morgan fingerprint density at radius 2 is 2.20 bits per heavy atom. The lowest BCUT2D eigenvalue weighted by molar-refractivity contribution is 0.102. The molecule has 0 spiro atoms. The number of aromatic nitrogens is 2. The fourth-order valence-corrected chi connectivity index (χ4v) is 3.22. The summed E-state index contributed by atoms with van der Waals surface area (Å²) >= 11 is 0. The number of fused-ring (bicyclic) bond motifs is 2. The zero-order chi connectivity index (χ0) is 17.6. The third-order valence-corrected chi connectivity index (χ3v) is 4.45. The topological polar surface area (TPSA) is 80.0 Å². The molecule has 0 radical (unpaired) electrons. The molecular weight excluding hydrogens is 323 g/mol. The van der Waals surface area contributed by atoms with E-state index in [1.165, 1.54) is 0 Å². The Labute approximate surface area is 143 Å². The van der Waals surface area contributed by atoms with Gasteiger partial charge >= 0.3 is 0 Å². The van der Waals surface area contributed by atoms with Crippen LogP contribution in [0.2, 0.25) is 0 Å². The van der Waals surface area contributed by atoms with Crippen molar-refractivity contribution in [3.05, 3.63) is 52.1 Å². The van der Waals surface area contributed by atoms with Gasteiger partial charge in [0.2, 0.25) is 0 Å². The number of aryl methyl sites for hydroxylation is 2. The lowest BCUT2D eigenvalue weighted by atomic mass is 9.99. The SMILES string of the molecule is Cc1cc(C(=O)Nc2ccc3c(c2F)CCNC3)c2c(C)noc2n1. The monoisotopic (exact) mass is 340 g/mol. The van der Waals surface area contributed by atoms with Gasteiger partial charge in [0.1, 0.15) is 5.82 Å². The molecule has 3 aromatic rings.